The van der Waals surface area contributed by atoms with Crippen molar-refractivity contribution in [2.45, 2.75) is 12.8 Å². The van der Waals surface area contributed by atoms with Crippen molar-refractivity contribution in [2.24, 2.45) is 0 Å². The highest BCUT2D eigenvalue weighted by atomic mass is 35.5. The lowest BCUT2D eigenvalue weighted by Crippen LogP contribution is -2.33. The van der Waals surface area contributed by atoms with Crippen LogP contribution in [-0.2, 0) is 9.53 Å². The van der Waals surface area contributed by atoms with Gasteiger partial charge in [-0.05, 0) is 24.3 Å². The Hall–Kier alpha value is -1.14. The summed E-state index contributed by atoms with van der Waals surface area (Å²) in [6.07, 6.45) is 0.393. The quantitative estimate of drug-likeness (QED) is 0.501. The van der Waals surface area contributed by atoms with Gasteiger partial charge in [0.15, 0.2) is 5.78 Å². The Kier molecular flexibility index (Phi) is 11.8. The molecule has 1 amide bonds. The molecule has 1 aromatic rings. The van der Waals surface area contributed by atoms with Gasteiger partial charge < -0.3 is 15.4 Å². The van der Waals surface area contributed by atoms with Gasteiger partial charge in [0.2, 0.25) is 5.91 Å². The molecule has 7 heteroatoms. The Bertz CT molecular complexity index is 453. The molecule has 0 fully saturated rings. The molecule has 0 spiro atoms. The molecule has 0 aliphatic heterocycles. The number of amides is 1. The largest absolute Gasteiger partial charge is 0.383 e. The number of Topliss-reactive ketones (excluding diaryl/α,β-unsaturated/α-hetero) is 1. The Morgan fingerprint density at radius 1 is 1.09 bits per heavy atom. The maximum Gasteiger partial charge on any atom is 0.220 e. The van der Waals surface area contributed by atoms with Gasteiger partial charge in [-0.2, -0.15) is 0 Å². The average molecular weight is 349 g/mol. The minimum Gasteiger partial charge on any atom is -0.383 e. The highest BCUT2D eigenvalue weighted by molar-refractivity contribution is 6.30. The summed E-state index contributed by atoms with van der Waals surface area (Å²) >= 11 is 5.76. The molecular formula is C15H22Cl2N2O3. The first-order chi connectivity index (χ1) is 10.1. The van der Waals surface area contributed by atoms with Gasteiger partial charge in [0, 0.05) is 50.2 Å². The molecule has 0 heterocycles. The minimum atomic E-state index is -0.120. The summed E-state index contributed by atoms with van der Waals surface area (Å²) in [6, 6.07) is 6.67. The van der Waals surface area contributed by atoms with E-state index < -0.39 is 0 Å². The van der Waals surface area contributed by atoms with Crippen LogP contribution < -0.4 is 10.6 Å². The third-order valence-electron chi connectivity index (χ3n) is 2.85. The number of nitrogens with one attached hydrogen (secondary N) is 2. The fourth-order valence-electron chi connectivity index (χ4n) is 1.69. The number of benzene rings is 1. The fraction of sp³-hybridized carbons (Fsp3) is 0.467. The van der Waals surface area contributed by atoms with Crippen LogP contribution in [0.25, 0.3) is 0 Å². The molecule has 0 unspecified atom stereocenters. The summed E-state index contributed by atoms with van der Waals surface area (Å²) in [5.41, 5.74) is 0.577. The third-order valence-corrected chi connectivity index (χ3v) is 3.10. The number of ether oxygens (including phenoxy) is 1. The lowest BCUT2D eigenvalue weighted by atomic mass is 10.1. The molecular weight excluding hydrogens is 327 g/mol. The normalized spacial score (nSPS) is 9.91. The third kappa shape index (κ3) is 9.00. The van der Waals surface area contributed by atoms with Crippen molar-refractivity contribution in [1.29, 1.82) is 0 Å². The molecule has 124 valence electrons. The molecule has 2 N–H and O–H groups in total. The first-order valence-corrected chi connectivity index (χ1v) is 7.26. The van der Waals surface area contributed by atoms with Crippen LogP contribution in [0.15, 0.2) is 24.3 Å². The van der Waals surface area contributed by atoms with Crippen LogP contribution in [0.5, 0.6) is 0 Å². The van der Waals surface area contributed by atoms with E-state index in [-0.39, 0.29) is 36.9 Å². The second kappa shape index (κ2) is 12.4. The molecule has 1 aromatic carbocycles. The average Bonchev–Trinajstić information content (AvgIpc) is 2.49. The lowest BCUT2D eigenvalue weighted by molar-refractivity contribution is -0.121. The first kappa shape index (κ1) is 20.9. The van der Waals surface area contributed by atoms with Gasteiger partial charge in [0.05, 0.1) is 6.61 Å². The zero-order chi connectivity index (χ0) is 15.5. The standard InChI is InChI=1S/C15H21ClN2O3.ClH/c1-21-11-10-17-8-9-18-15(20)7-6-14(19)12-2-4-13(16)5-3-12;/h2-5,17H,6-11H2,1H3,(H,18,20);1H. The summed E-state index contributed by atoms with van der Waals surface area (Å²) in [4.78, 5) is 23.4. The van der Waals surface area contributed by atoms with E-state index in [2.05, 4.69) is 10.6 Å². The molecule has 1 rings (SSSR count). The Balaban J connectivity index is 0.00000441. The molecule has 0 saturated carbocycles. The van der Waals surface area contributed by atoms with Crippen LogP contribution in [0.3, 0.4) is 0 Å². The number of hydrogen-bond acceptors (Lipinski definition) is 4. The van der Waals surface area contributed by atoms with Gasteiger partial charge in [-0.1, -0.05) is 11.6 Å². The van der Waals surface area contributed by atoms with E-state index in [1.54, 1.807) is 31.4 Å². The summed E-state index contributed by atoms with van der Waals surface area (Å²) in [7, 11) is 1.64. The minimum absolute atomic E-state index is 0. The number of methoxy groups -OCH3 is 1. The Labute approximate surface area is 142 Å². The highest BCUT2D eigenvalue weighted by Crippen LogP contribution is 2.11. The highest BCUT2D eigenvalue weighted by Gasteiger charge is 2.08. The predicted octanol–water partition coefficient (Wildman–Crippen LogP) is 2.08. The summed E-state index contributed by atoms with van der Waals surface area (Å²) in [6.45, 7) is 2.61. The Morgan fingerprint density at radius 2 is 1.77 bits per heavy atom. The maximum absolute atomic E-state index is 11.9. The molecule has 5 nitrogen and oxygen atoms in total. The van der Waals surface area contributed by atoms with Gasteiger partial charge >= 0.3 is 0 Å². The lowest BCUT2D eigenvalue weighted by Gasteiger charge is -2.06. The number of ketones is 1. The van der Waals surface area contributed by atoms with Crippen molar-refractivity contribution in [3.05, 3.63) is 34.9 Å². The number of halogens is 2. The van der Waals surface area contributed by atoms with Crippen molar-refractivity contribution >= 4 is 35.7 Å². The first-order valence-electron chi connectivity index (χ1n) is 6.88. The Morgan fingerprint density at radius 3 is 2.41 bits per heavy atom. The zero-order valence-electron chi connectivity index (χ0n) is 12.6. The van der Waals surface area contributed by atoms with Crippen molar-refractivity contribution in [2.75, 3.05) is 33.4 Å². The van der Waals surface area contributed by atoms with Gasteiger partial charge in [0.25, 0.3) is 0 Å². The summed E-state index contributed by atoms with van der Waals surface area (Å²) < 4.78 is 4.89. The van der Waals surface area contributed by atoms with E-state index in [4.69, 9.17) is 16.3 Å². The SMILES string of the molecule is COCCNCCNC(=O)CCC(=O)c1ccc(Cl)cc1.Cl. The van der Waals surface area contributed by atoms with E-state index in [0.29, 0.717) is 30.3 Å². The van der Waals surface area contributed by atoms with Crippen LogP contribution in [0.1, 0.15) is 23.2 Å². The smallest absolute Gasteiger partial charge is 0.220 e. The summed E-state index contributed by atoms with van der Waals surface area (Å²) in [5, 5.41) is 6.47. The van der Waals surface area contributed by atoms with E-state index >= 15 is 0 Å². The molecule has 0 aliphatic rings. The predicted molar refractivity (Wildman–Crippen MR) is 90.0 cm³/mol. The zero-order valence-corrected chi connectivity index (χ0v) is 14.1. The monoisotopic (exact) mass is 348 g/mol. The molecule has 0 saturated heterocycles. The van der Waals surface area contributed by atoms with Crippen molar-refractivity contribution in [3.63, 3.8) is 0 Å². The van der Waals surface area contributed by atoms with Gasteiger partial charge in [-0.25, -0.2) is 0 Å². The molecule has 0 bridgehead atoms. The molecule has 0 aliphatic carbocycles. The molecule has 22 heavy (non-hydrogen) atoms. The van der Waals surface area contributed by atoms with E-state index in [1.807, 2.05) is 0 Å². The topological polar surface area (TPSA) is 67.4 Å². The van der Waals surface area contributed by atoms with E-state index in [9.17, 15) is 9.59 Å². The van der Waals surface area contributed by atoms with Crippen LogP contribution in [0, 0.1) is 0 Å². The van der Waals surface area contributed by atoms with E-state index in [0.717, 1.165) is 6.54 Å². The van der Waals surface area contributed by atoms with Crippen molar-refractivity contribution < 1.29 is 14.3 Å². The number of hydrogen-bond donors (Lipinski definition) is 2. The number of carbonyl (C=O) groups is 2. The van der Waals surface area contributed by atoms with Crippen LogP contribution in [-0.4, -0.2) is 45.0 Å². The fourth-order valence-corrected chi connectivity index (χ4v) is 1.81. The maximum atomic E-state index is 11.9. The molecule has 0 aromatic heterocycles. The second-order valence-electron chi connectivity index (χ2n) is 4.52. The van der Waals surface area contributed by atoms with Gasteiger partial charge in [0.1, 0.15) is 0 Å². The second-order valence-corrected chi connectivity index (χ2v) is 4.96. The molecule has 0 atom stereocenters. The number of rotatable bonds is 10. The molecule has 0 radical (unpaired) electrons. The van der Waals surface area contributed by atoms with Crippen molar-refractivity contribution in [3.8, 4) is 0 Å². The van der Waals surface area contributed by atoms with Crippen molar-refractivity contribution in [1.82, 2.24) is 10.6 Å². The van der Waals surface area contributed by atoms with Crippen LogP contribution in [0.2, 0.25) is 5.02 Å². The van der Waals surface area contributed by atoms with Crippen LogP contribution in [0.4, 0.5) is 0 Å². The summed E-state index contributed by atoms with van der Waals surface area (Å²) in [5.74, 6) is -0.175. The van der Waals surface area contributed by atoms with Gasteiger partial charge in [-0.3, -0.25) is 9.59 Å². The van der Waals surface area contributed by atoms with Crippen LogP contribution >= 0.6 is 24.0 Å². The van der Waals surface area contributed by atoms with Gasteiger partial charge in [-0.15, -0.1) is 12.4 Å². The number of carbonyl (C=O) groups excluding carboxylic acids is 2. The van der Waals surface area contributed by atoms with E-state index in [1.165, 1.54) is 0 Å².